The first kappa shape index (κ1) is 13.3. The molecule has 0 saturated carbocycles. The lowest BCUT2D eigenvalue weighted by molar-refractivity contribution is 0.778. The molecule has 0 unspecified atom stereocenters. The van der Waals surface area contributed by atoms with Crippen LogP contribution in [0.5, 0.6) is 0 Å². The fourth-order valence-electron chi connectivity index (χ4n) is 1.38. The molecule has 0 aliphatic heterocycles. The SMILES string of the molecule is CCCCCSc1cc(C)nc(NCC)n1. The number of nitrogens with zero attached hydrogens (tertiary/aromatic N) is 2. The van der Waals surface area contributed by atoms with Crippen LogP contribution in [-0.4, -0.2) is 22.3 Å². The van der Waals surface area contributed by atoms with Gasteiger partial charge in [0.05, 0.1) is 0 Å². The molecule has 1 rings (SSSR count). The van der Waals surface area contributed by atoms with E-state index >= 15 is 0 Å². The average molecular weight is 239 g/mol. The van der Waals surface area contributed by atoms with Gasteiger partial charge < -0.3 is 5.32 Å². The summed E-state index contributed by atoms with van der Waals surface area (Å²) in [5, 5.41) is 4.24. The van der Waals surface area contributed by atoms with Crippen LogP contribution in [0, 0.1) is 6.92 Å². The van der Waals surface area contributed by atoms with Crippen LogP contribution >= 0.6 is 11.8 Å². The van der Waals surface area contributed by atoms with E-state index in [1.54, 1.807) is 0 Å². The van der Waals surface area contributed by atoms with Crippen molar-refractivity contribution in [3.63, 3.8) is 0 Å². The molecule has 0 bridgehead atoms. The molecule has 0 fully saturated rings. The van der Waals surface area contributed by atoms with Crippen molar-refractivity contribution in [3.8, 4) is 0 Å². The maximum absolute atomic E-state index is 4.46. The molecule has 0 aromatic carbocycles. The number of hydrogen-bond donors (Lipinski definition) is 1. The van der Waals surface area contributed by atoms with E-state index in [-0.39, 0.29) is 0 Å². The molecule has 0 aliphatic carbocycles. The number of anilines is 1. The second kappa shape index (κ2) is 7.49. The highest BCUT2D eigenvalue weighted by atomic mass is 32.2. The number of unbranched alkanes of at least 4 members (excludes halogenated alkanes) is 2. The maximum atomic E-state index is 4.46. The van der Waals surface area contributed by atoms with E-state index in [0.717, 1.165) is 29.0 Å². The summed E-state index contributed by atoms with van der Waals surface area (Å²) in [7, 11) is 0. The zero-order valence-electron chi connectivity index (χ0n) is 10.4. The lowest BCUT2D eigenvalue weighted by Gasteiger charge is -2.06. The summed E-state index contributed by atoms with van der Waals surface area (Å²) in [5.41, 5.74) is 1.03. The Labute approximate surface area is 102 Å². The van der Waals surface area contributed by atoms with Gasteiger partial charge in [0.15, 0.2) is 0 Å². The molecule has 0 amide bonds. The van der Waals surface area contributed by atoms with Crippen LogP contribution in [-0.2, 0) is 0 Å². The van der Waals surface area contributed by atoms with Crippen molar-refractivity contribution in [1.82, 2.24) is 9.97 Å². The molecule has 3 nitrogen and oxygen atoms in total. The van der Waals surface area contributed by atoms with E-state index in [0.29, 0.717) is 0 Å². The fraction of sp³-hybridized carbons (Fsp3) is 0.667. The van der Waals surface area contributed by atoms with Gasteiger partial charge in [-0.1, -0.05) is 19.8 Å². The normalized spacial score (nSPS) is 10.4. The maximum Gasteiger partial charge on any atom is 0.223 e. The monoisotopic (exact) mass is 239 g/mol. The topological polar surface area (TPSA) is 37.8 Å². The first-order chi connectivity index (χ1) is 7.76. The first-order valence-electron chi connectivity index (χ1n) is 5.98. The minimum atomic E-state index is 0.750. The van der Waals surface area contributed by atoms with Gasteiger partial charge >= 0.3 is 0 Å². The van der Waals surface area contributed by atoms with Crippen molar-refractivity contribution < 1.29 is 0 Å². The summed E-state index contributed by atoms with van der Waals surface area (Å²) >= 11 is 1.82. The molecular weight excluding hydrogens is 218 g/mol. The molecule has 0 aliphatic rings. The second-order valence-electron chi connectivity index (χ2n) is 3.76. The largest absolute Gasteiger partial charge is 0.354 e. The van der Waals surface area contributed by atoms with Gasteiger partial charge in [-0.3, -0.25) is 0 Å². The third kappa shape index (κ3) is 4.84. The molecule has 1 N–H and O–H groups in total. The highest BCUT2D eigenvalue weighted by Gasteiger charge is 2.01. The minimum absolute atomic E-state index is 0.750. The molecule has 1 heterocycles. The zero-order valence-corrected chi connectivity index (χ0v) is 11.2. The highest BCUT2D eigenvalue weighted by molar-refractivity contribution is 7.99. The van der Waals surface area contributed by atoms with Crippen LogP contribution < -0.4 is 5.32 Å². The Morgan fingerprint density at radius 1 is 1.25 bits per heavy atom. The quantitative estimate of drug-likeness (QED) is 0.449. The lowest BCUT2D eigenvalue weighted by atomic mass is 10.3. The number of nitrogens with one attached hydrogen (secondary N) is 1. The van der Waals surface area contributed by atoms with Crippen molar-refractivity contribution in [1.29, 1.82) is 0 Å². The summed E-state index contributed by atoms with van der Waals surface area (Å²) in [6.07, 6.45) is 3.84. The summed E-state index contributed by atoms with van der Waals surface area (Å²) in [5.74, 6) is 1.90. The predicted octanol–water partition coefficient (Wildman–Crippen LogP) is 3.50. The minimum Gasteiger partial charge on any atom is -0.354 e. The fourth-order valence-corrected chi connectivity index (χ4v) is 2.34. The average Bonchev–Trinajstić information content (AvgIpc) is 2.24. The zero-order chi connectivity index (χ0) is 11.8. The third-order valence-electron chi connectivity index (χ3n) is 2.16. The van der Waals surface area contributed by atoms with Crippen molar-refractivity contribution in [3.05, 3.63) is 11.8 Å². The molecule has 0 atom stereocenters. The van der Waals surface area contributed by atoms with E-state index in [2.05, 4.69) is 35.2 Å². The Kier molecular flexibility index (Phi) is 6.23. The number of hydrogen-bond acceptors (Lipinski definition) is 4. The van der Waals surface area contributed by atoms with Gasteiger partial charge in [0.1, 0.15) is 5.03 Å². The van der Waals surface area contributed by atoms with Crippen molar-refractivity contribution in [2.45, 2.75) is 45.1 Å². The van der Waals surface area contributed by atoms with E-state index in [4.69, 9.17) is 0 Å². The molecule has 0 radical (unpaired) electrons. The predicted molar refractivity (Wildman–Crippen MR) is 71.2 cm³/mol. The second-order valence-corrected chi connectivity index (χ2v) is 4.87. The Bertz CT molecular complexity index is 315. The van der Waals surface area contributed by atoms with Gasteiger partial charge in [0, 0.05) is 12.2 Å². The van der Waals surface area contributed by atoms with E-state index in [1.807, 2.05) is 18.7 Å². The van der Waals surface area contributed by atoms with Gasteiger partial charge in [0.2, 0.25) is 5.95 Å². The van der Waals surface area contributed by atoms with Crippen LogP contribution in [0.2, 0.25) is 0 Å². The van der Waals surface area contributed by atoms with Gasteiger partial charge in [-0.2, -0.15) is 0 Å². The standard InChI is InChI=1S/C12H21N3S/c1-4-6-7-8-16-11-9-10(3)14-12(15-11)13-5-2/h9H,4-8H2,1-3H3,(H,13,14,15). The Morgan fingerprint density at radius 3 is 2.75 bits per heavy atom. The van der Waals surface area contributed by atoms with Crippen molar-refractivity contribution in [2.75, 3.05) is 17.6 Å². The van der Waals surface area contributed by atoms with Crippen LogP contribution in [0.3, 0.4) is 0 Å². The van der Waals surface area contributed by atoms with Gasteiger partial charge in [-0.05, 0) is 32.1 Å². The molecule has 16 heavy (non-hydrogen) atoms. The van der Waals surface area contributed by atoms with Crippen LogP contribution in [0.25, 0.3) is 0 Å². The Morgan fingerprint density at radius 2 is 2.06 bits per heavy atom. The Balaban J connectivity index is 2.51. The molecule has 0 spiro atoms. The number of thioether (sulfide) groups is 1. The van der Waals surface area contributed by atoms with Crippen molar-refractivity contribution >= 4 is 17.7 Å². The summed E-state index contributed by atoms with van der Waals surface area (Å²) < 4.78 is 0. The van der Waals surface area contributed by atoms with Gasteiger partial charge in [-0.25, -0.2) is 9.97 Å². The number of aryl methyl sites for hydroxylation is 1. The summed E-state index contributed by atoms with van der Waals surface area (Å²) in [6, 6.07) is 2.05. The van der Waals surface area contributed by atoms with E-state index in [9.17, 15) is 0 Å². The highest BCUT2D eigenvalue weighted by Crippen LogP contribution is 2.19. The molecule has 4 heteroatoms. The third-order valence-corrected chi connectivity index (χ3v) is 3.16. The van der Waals surface area contributed by atoms with Crippen LogP contribution in [0.15, 0.2) is 11.1 Å². The summed E-state index contributed by atoms with van der Waals surface area (Å²) in [6.45, 7) is 7.16. The van der Waals surface area contributed by atoms with Crippen LogP contribution in [0.1, 0.15) is 38.8 Å². The smallest absolute Gasteiger partial charge is 0.223 e. The number of aromatic nitrogens is 2. The number of rotatable bonds is 7. The van der Waals surface area contributed by atoms with E-state index < -0.39 is 0 Å². The van der Waals surface area contributed by atoms with Gasteiger partial charge in [0.25, 0.3) is 0 Å². The van der Waals surface area contributed by atoms with Crippen LogP contribution in [0.4, 0.5) is 5.95 Å². The van der Waals surface area contributed by atoms with E-state index in [1.165, 1.54) is 19.3 Å². The molecule has 1 aromatic rings. The summed E-state index contributed by atoms with van der Waals surface area (Å²) in [4.78, 5) is 8.79. The molecule has 90 valence electrons. The first-order valence-corrected chi connectivity index (χ1v) is 6.97. The Hall–Kier alpha value is -0.770. The van der Waals surface area contributed by atoms with Crippen molar-refractivity contribution in [2.24, 2.45) is 0 Å². The van der Waals surface area contributed by atoms with Gasteiger partial charge in [-0.15, -0.1) is 11.8 Å². The molecule has 0 saturated heterocycles. The molecular formula is C12H21N3S. The lowest BCUT2D eigenvalue weighted by Crippen LogP contribution is -2.03. The molecule has 1 aromatic heterocycles.